The molecule has 5 atom stereocenters. The van der Waals surface area contributed by atoms with Crippen LogP contribution in [0.1, 0.15) is 67.2 Å². The molecule has 0 aromatic heterocycles. The number of methoxy groups -OCH3 is 1. The summed E-state index contributed by atoms with van der Waals surface area (Å²) in [6, 6.07) is -2.18. The molecule has 242 valence electrons. The fourth-order valence-electron chi connectivity index (χ4n) is 4.08. The average molecular weight is 625 g/mol. The number of hydrogen-bond donors (Lipinski definition) is 4. The molecule has 13 nitrogen and oxygen atoms in total. The van der Waals surface area contributed by atoms with E-state index in [0.717, 1.165) is 0 Å². The molecular formula is C29H48N4O9Si. The lowest BCUT2D eigenvalue weighted by Gasteiger charge is -2.44. The molecule has 2 aliphatic heterocycles. The van der Waals surface area contributed by atoms with Crippen LogP contribution in [0.4, 0.5) is 4.79 Å². The summed E-state index contributed by atoms with van der Waals surface area (Å²) in [6.45, 7) is 15.3. The molecule has 14 heteroatoms. The van der Waals surface area contributed by atoms with E-state index in [1.807, 2.05) is 0 Å². The Labute approximate surface area is 255 Å². The SMILES string of the molecule is COC(=O)CNC(=O)C1CC#CC[C@H](NC(=O)OC(C)(C)C)C(=O)NC[C@H]2CC[C@H](O[Si](C)(C)C(C)(C)C)[C@H](O2)C(=O)N1. The molecule has 0 saturated carbocycles. The minimum atomic E-state index is -2.32. The Balaban J connectivity index is 2.37. The maximum Gasteiger partial charge on any atom is 0.408 e. The summed E-state index contributed by atoms with van der Waals surface area (Å²) in [7, 11) is -1.12. The van der Waals surface area contributed by atoms with E-state index in [9.17, 15) is 24.0 Å². The quantitative estimate of drug-likeness (QED) is 0.194. The van der Waals surface area contributed by atoms with Gasteiger partial charge in [-0.15, -0.1) is 11.8 Å². The number of hydrogen-bond acceptors (Lipinski definition) is 9. The van der Waals surface area contributed by atoms with Gasteiger partial charge in [0.15, 0.2) is 14.4 Å². The number of fused-ring (bicyclic) bond motifs is 2. The summed E-state index contributed by atoms with van der Waals surface area (Å²) in [5.41, 5.74) is -0.773. The van der Waals surface area contributed by atoms with Gasteiger partial charge in [0, 0.05) is 19.4 Å². The summed E-state index contributed by atoms with van der Waals surface area (Å²) in [5, 5.41) is 10.4. The highest BCUT2D eigenvalue weighted by Crippen LogP contribution is 2.39. The highest BCUT2D eigenvalue weighted by molar-refractivity contribution is 6.74. The van der Waals surface area contributed by atoms with Crippen LogP contribution in [0, 0.1) is 11.8 Å². The van der Waals surface area contributed by atoms with Gasteiger partial charge in [-0.2, -0.15) is 0 Å². The van der Waals surface area contributed by atoms with E-state index in [0.29, 0.717) is 12.8 Å². The van der Waals surface area contributed by atoms with Crippen molar-refractivity contribution in [3.05, 3.63) is 0 Å². The standard InChI is InChI=1S/C29H48N4O9Si/c1-28(2,3)41-27(38)33-20-13-11-10-12-19(24(35)31-17-22(34)39-7)32-26(37)23-21(42-43(8,9)29(4,5)6)15-14-18(40-23)16-30-25(20)36/h18-21,23H,12-17H2,1-9H3,(H,30,36)(H,31,35)(H,32,37)(H,33,38)/t18-,19?,20+,21+,23+/m1/s1. The Morgan fingerprint density at radius 3 is 2.28 bits per heavy atom. The van der Waals surface area contributed by atoms with E-state index in [2.05, 4.69) is 71.7 Å². The molecule has 43 heavy (non-hydrogen) atoms. The summed E-state index contributed by atoms with van der Waals surface area (Å²) in [4.78, 5) is 63.8. The van der Waals surface area contributed by atoms with E-state index >= 15 is 0 Å². The van der Waals surface area contributed by atoms with Crippen LogP contribution in [-0.4, -0.2) is 94.3 Å². The first kappa shape index (κ1) is 36.0. The molecule has 0 spiro atoms. The van der Waals surface area contributed by atoms with Crippen molar-refractivity contribution in [2.75, 3.05) is 20.2 Å². The lowest BCUT2D eigenvalue weighted by Crippen LogP contribution is -2.59. The number of carbonyl (C=O) groups excluding carboxylic acids is 5. The van der Waals surface area contributed by atoms with Crippen molar-refractivity contribution in [3.8, 4) is 11.8 Å². The van der Waals surface area contributed by atoms with Crippen LogP contribution in [0.25, 0.3) is 0 Å². The van der Waals surface area contributed by atoms with E-state index < -0.39 is 80.6 Å². The van der Waals surface area contributed by atoms with Gasteiger partial charge < -0.3 is 39.9 Å². The number of carbonyl (C=O) groups is 5. The average Bonchev–Trinajstić information content (AvgIpc) is 2.89. The highest BCUT2D eigenvalue weighted by Gasteiger charge is 2.45. The molecular weight excluding hydrogens is 576 g/mol. The summed E-state index contributed by atoms with van der Waals surface area (Å²) < 4.78 is 22.7. The number of esters is 1. The van der Waals surface area contributed by atoms with E-state index in [-0.39, 0.29) is 24.4 Å². The zero-order chi connectivity index (χ0) is 32.6. The number of nitrogens with one attached hydrogen (secondary N) is 4. The maximum atomic E-state index is 13.6. The van der Waals surface area contributed by atoms with Gasteiger partial charge in [0.05, 0.1) is 19.3 Å². The lowest BCUT2D eigenvalue weighted by molar-refractivity contribution is -0.157. The molecule has 4 amide bonds. The third kappa shape index (κ3) is 11.5. The third-order valence-corrected chi connectivity index (χ3v) is 12.0. The molecule has 2 bridgehead atoms. The van der Waals surface area contributed by atoms with Gasteiger partial charge >= 0.3 is 12.1 Å². The lowest BCUT2D eigenvalue weighted by atomic mass is 9.99. The zero-order valence-corrected chi connectivity index (χ0v) is 27.8. The molecule has 1 unspecified atom stereocenters. The predicted molar refractivity (Wildman–Crippen MR) is 160 cm³/mol. The molecule has 2 aliphatic rings. The molecule has 0 aromatic rings. The maximum absolute atomic E-state index is 13.6. The van der Waals surface area contributed by atoms with Gasteiger partial charge in [-0.25, -0.2) is 4.79 Å². The normalized spacial score (nSPS) is 25.5. The van der Waals surface area contributed by atoms with E-state index in [4.69, 9.17) is 13.9 Å². The highest BCUT2D eigenvalue weighted by atomic mass is 28.4. The molecule has 0 aromatic carbocycles. The zero-order valence-electron chi connectivity index (χ0n) is 26.8. The second kappa shape index (κ2) is 15.0. The molecule has 0 aliphatic carbocycles. The first-order valence-corrected chi connectivity index (χ1v) is 17.4. The fraction of sp³-hybridized carbons (Fsp3) is 0.759. The van der Waals surface area contributed by atoms with Crippen LogP contribution >= 0.6 is 0 Å². The number of amides is 4. The van der Waals surface area contributed by atoms with E-state index in [1.54, 1.807) is 20.8 Å². The number of ether oxygens (including phenoxy) is 3. The van der Waals surface area contributed by atoms with Crippen LogP contribution in [0.15, 0.2) is 0 Å². The molecule has 0 radical (unpaired) electrons. The van der Waals surface area contributed by atoms with Crippen molar-refractivity contribution in [1.29, 1.82) is 0 Å². The van der Waals surface area contributed by atoms with Gasteiger partial charge in [0.2, 0.25) is 11.8 Å². The molecule has 1 saturated heterocycles. The minimum absolute atomic E-state index is 0.0773. The van der Waals surface area contributed by atoms with Crippen LogP contribution in [0.3, 0.4) is 0 Å². The second-order valence-corrected chi connectivity index (χ2v) is 18.0. The Bertz CT molecular complexity index is 1100. The fourth-order valence-corrected chi connectivity index (χ4v) is 5.44. The van der Waals surface area contributed by atoms with Crippen LogP contribution in [-0.2, 0) is 37.8 Å². The van der Waals surface area contributed by atoms with Crippen LogP contribution in [0.2, 0.25) is 18.1 Å². The monoisotopic (exact) mass is 624 g/mol. The first-order chi connectivity index (χ1) is 19.8. The van der Waals surface area contributed by atoms with Gasteiger partial charge in [0.1, 0.15) is 24.2 Å². The Hall–Kier alpha value is -3.15. The molecule has 1 fully saturated rings. The van der Waals surface area contributed by atoms with Crippen molar-refractivity contribution in [1.82, 2.24) is 21.3 Å². The predicted octanol–water partition coefficient (Wildman–Crippen LogP) is 1.51. The number of alkyl carbamates (subject to hydrolysis) is 1. The van der Waals surface area contributed by atoms with Crippen molar-refractivity contribution >= 4 is 38.1 Å². The van der Waals surface area contributed by atoms with Crippen molar-refractivity contribution in [2.45, 2.75) is 121 Å². The van der Waals surface area contributed by atoms with Gasteiger partial charge in [0.25, 0.3) is 5.91 Å². The topological polar surface area (TPSA) is 170 Å². The molecule has 2 rings (SSSR count). The summed E-state index contributed by atoms with van der Waals surface area (Å²) in [6.07, 6.45) is -2.15. The third-order valence-electron chi connectivity index (χ3n) is 7.48. The van der Waals surface area contributed by atoms with Gasteiger partial charge in [-0.05, 0) is 51.7 Å². The van der Waals surface area contributed by atoms with Crippen molar-refractivity contribution in [2.24, 2.45) is 0 Å². The Kier molecular flexibility index (Phi) is 12.6. The molecule has 2 heterocycles. The van der Waals surface area contributed by atoms with Gasteiger partial charge in [-0.1, -0.05) is 20.8 Å². The Morgan fingerprint density at radius 1 is 1.02 bits per heavy atom. The second-order valence-electron chi connectivity index (χ2n) is 13.2. The molecule has 4 N–H and O–H groups in total. The Morgan fingerprint density at radius 2 is 1.67 bits per heavy atom. The largest absolute Gasteiger partial charge is 0.468 e. The summed E-state index contributed by atoms with van der Waals surface area (Å²) in [5.74, 6) is 3.28. The smallest absolute Gasteiger partial charge is 0.408 e. The van der Waals surface area contributed by atoms with Crippen molar-refractivity contribution < 1.29 is 42.6 Å². The first-order valence-electron chi connectivity index (χ1n) is 14.5. The van der Waals surface area contributed by atoms with Crippen LogP contribution in [0.5, 0.6) is 0 Å². The van der Waals surface area contributed by atoms with E-state index in [1.165, 1.54) is 7.11 Å². The van der Waals surface area contributed by atoms with Gasteiger partial charge in [-0.3, -0.25) is 19.2 Å². The summed E-state index contributed by atoms with van der Waals surface area (Å²) >= 11 is 0. The number of rotatable bonds is 6. The minimum Gasteiger partial charge on any atom is -0.468 e. The van der Waals surface area contributed by atoms with Crippen LogP contribution < -0.4 is 21.3 Å². The van der Waals surface area contributed by atoms with Crippen molar-refractivity contribution in [3.63, 3.8) is 0 Å².